The predicted octanol–water partition coefficient (Wildman–Crippen LogP) is 2.83. The molecule has 1 aromatic heterocycles. The molecule has 28 heavy (non-hydrogen) atoms. The van der Waals surface area contributed by atoms with E-state index in [1.165, 1.54) is 21.3 Å². The van der Waals surface area contributed by atoms with Crippen molar-refractivity contribution in [1.29, 1.82) is 0 Å². The lowest BCUT2D eigenvalue weighted by molar-refractivity contribution is 0.0950. The number of rotatable bonds is 5. The number of hydrogen-bond acceptors (Lipinski definition) is 7. The zero-order chi connectivity index (χ0) is 20.4. The van der Waals surface area contributed by atoms with Crippen LogP contribution in [0.15, 0.2) is 12.1 Å². The Kier molecular flexibility index (Phi) is 5.48. The second-order valence-corrected chi connectivity index (χ2v) is 6.76. The fraction of sp³-hybridized carbons (Fsp3) is 0.400. The molecule has 1 aliphatic carbocycles. The standard InChI is InChI=1S/C20H23N3O5/c1-10-6-13-17(14(24)7-10)11(2)21-20(22-13)23-19(25)12-8-15(26-3)18(28-5)16(9-12)27-4/h8-10H,6-7H2,1-5H3,(H,21,22,23,25)/t10-/m1/s1. The first-order valence-electron chi connectivity index (χ1n) is 8.90. The lowest BCUT2D eigenvalue weighted by Crippen LogP contribution is -2.23. The summed E-state index contributed by atoms with van der Waals surface area (Å²) in [5, 5.41) is 2.69. The van der Waals surface area contributed by atoms with E-state index in [-0.39, 0.29) is 17.6 Å². The van der Waals surface area contributed by atoms with Crippen LogP contribution in [0.4, 0.5) is 5.95 Å². The molecule has 0 bridgehead atoms. The monoisotopic (exact) mass is 385 g/mol. The smallest absolute Gasteiger partial charge is 0.258 e. The molecule has 1 aliphatic rings. The normalized spacial score (nSPS) is 15.6. The van der Waals surface area contributed by atoms with Crippen LogP contribution in [0.5, 0.6) is 17.2 Å². The third-order valence-corrected chi connectivity index (χ3v) is 4.67. The van der Waals surface area contributed by atoms with E-state index < -0.39 is 5.91 Å². The Bertz CT molecular complexity index is 917. The average Bonchev–Trinajstić information content (AvgIpc) is 2.65. The van der Waals surface area contributed by atoms with Crippen LogP contribution >= 0.6 is 0 Å². The fourth-order valence-corrected chi connectivity index (χ4v) is 3.41. The van der Waals surface area contributed by atoms with Crippen LogP contribution in [0.1, 0.15) is 45.4 Å². The predicted molar refractivity (Wildman–Crippen MR) is 103 cm³/mol. The molecule has 0 saturated carbocycles. The molecular weight excluding hydrogens is 362 g/mol. The number of nitrogens with zero attached hydrogens (tertiary/aromatic N) is 2. The van der Waals surface area contributed by atoms with E-state index in [2.05, 4.69) is 15.3 Å². The number of Topliss-reactive ketones (excluding diaryl/α,β-unsaturated/α-hetero) is 1. The van der Waals surface area contributed by atoms with E-state index in [0.29, 0.717) is 52.6 Å². The first kappa shape index (κ1) is 19.6. The van der Waals surface area contributed by atoms with Crippen molar-refractivity contribution in [1.82, 2.24) is 9.97 Å². The highest BCUT2D eigenvalue weighted by molar-refractivity contribution is 6.04. The number of nitrogens with one attached hydrogen (secondary N) is 1. The van der Waals surface area contributed by atoms with E-state index >= 15 is 0 Å². The molecule has 2 aromatic rings. The Hall–Kier alpha value is -3.16. The summed E-state index contributed by atoms with van der Waals surface area (Å²) < 4.78 is 15.8. The molecule has 1 aromatic carbocycles. The van der Waals surface area contributed by atoms with E-state index in [1.807, 2.05) is 6.92 Å². The van der Waals surface area contributed by atoms with Crippen LogP contribution in [0.2, 0.25) is 0 Å². The number of fused-ring (bicyclic) bond motifs is 1. The molecule has 8 heteroatoms. The summed E-state index contributed by atoms with van der Waals surface area (Å²) in [6.07, 6.45) is 1.17. The van der Waals surface area contributed by atoms with Crippen molar-refractivity contribution in [2.24, 2.45) is 5.92 Å². The minimum Gasteiger partial charge on any atom is -0.493 e. The van der Waals surface area contributed by atoms with Gasteiger partial charge in [0, 0.05) is 12.0 Å². The maximum Gasteiger partial charge on any atom is 0.258 e. The SMILES string of the molecule is COc1cc(C(=O)Nc2nc(C)c3c(n2)C[C@@H](C)CC3=O)cc(OC)c1OC. The van der Waals surface area contributed by atoms with Gasteiger partial charge in [0.25, 0.3) is 5.91 Å². The second kappa shape index (κ2) is 7.84. The molecular formula is C20H23N3O5. The summed E-state index contributed by atoms with van der Waals surface area (Å²) in [7, 11) is 4.45. The van der Waals surface area contributed by atoms with Crippen LogP contribution in [-0.2, 0) is 6.42 Å². The number of anilines is 1. The molecule has 0 fully saturated rings. The van der Waals surface area contributed by atoms with Crippen molar-refractivity contribution in [3.05, 3.63) is 34.6 Å². The van der Waals surface area contributed by atoms with Gasteiger partial charge < -0.3 is 14.2 Å². The van der Waals surface area contributed by atoms with Gasteiger partial charge >= 0.3 is 0 Å². The van der Waals surface area contributed by atoms with Gasteiger partial charge in [0.1, 0.15) is 0 Å². The molecule has 0 radical (unpaired) electrons. The Morgan fingerprint density at radius 2 is 1.71 bits per heavy atom. The van der Waals surface area contributed by atoms with E-state index in [4.69, 9.17) is 14.2 Å². The molecule has 0 saturated heterocycles. The summed E-state index contributed by atoms with van der Waals surface area (Å²) in [4.78, 5) is 33.7. The van der Waals surface area contributed by atoms with Crippen molar-refractivity contribution in [3.8, 4) is 17.2 Å². The Morgan fingerprint density at radius 3 is 2.29 bits per heavy atom. The second-order valence-electron chi connectivity index (χ2n) is 6.76. The summed E-state index contributed by atoms with van der Waals surface area (Å²) in [5.74, 6) is 1.14. The minimum atomic E-state index is -0.422. The van der Waals surface area contributed by atoms with Crippen molar-refractivity contribution >= 4 is 17.6 Å². The van der Waals surface area contributed by atoms with Crippen molar-refractivity contribution < 1.29 is 23.8 Å². The van der Waals surface area contributed by atoms with Crippen LogP contribution in [-0.4, -0.2) is 43.0 Å². The van der Waals surface area contributed by atoms with Gasteiger partial charge in [0.2, 0.25) is 11.7 Å². The average molecular weight is 385 g/mol. The fourth-order valence-electron chi connectivity index (χ4n) is 3.41. The maximum atomic E-state index is 12.7. The summed E-state index contributed by atoms with van der Waals surface area (Å²) >= 11 is 0. The van der Waals surface area contributed by atoms with Crippen molar-refractivity contribution in [3.63, 3.8) is 0 Å². The Labute approximate surface area is 163 Å². The van der Waals surface area contributed by atoms with Gasteiger partial charge in [-0.3, -0.25) is 14.9 Å². The number of carbonyl (C=O) groups is 2. The molecule has 0 unspecified atom stereocenters. The highest BCUT2D eigenvalue weighted by Gasteiger charge is 2.27. The summed E-state index contributed by atoms with van der Waals surface area (Å²) in [5.41, 5.74) is 2.13. The van der Waals surface area contributed by atoms with E-state index in [1.54, 1.807) is 19.1 Å². The highest BCUT2D eigenvalue weighted by Crippen LogP contribution is 2.38. The Balaban J connectivity index is 1.93. The first-order valence-corrected chi connectivity index (χ1v) is 8.90. The topological polar surface area (TPSA) is 99.6 Å². The largest absolute Gasteiger partial charge is 0.493 e. The number of ether oxygens (including phenoxy) is 3. The first-order chi connectivity index (χ1) is 13.4. The van der Waals surface area contributed by atoms with E-state index in [0.717, 1.165) is 0 Å². The lowest BCUT2D eigenvalue weighted by Gasteiger charge is -2.21. The zero-order valence-electron chi connectivity index (χ0n) is 16.6. The van der Waals surface area contributed by atoms with Gasteiger partial charge in [0.05, 0.1) is 38.3 Å². The number of methoxy groups -OCH3 is 3. The number of carbonyl (C=O) groups excluding carboxylic acids is 2. The highest BCUT2D eigenvalue weighted by atomic mass is 16.5. The van der Waals surface area contributed by atoms with Crippen LogP contribution in [0.3, 0.4) is 0 Å². The number of aryl methyl sites for hydroxylation is 1. The molecule has 0 spiro atoms. The van der Waals surface area contributed by atoms with Crippen LogP contribution in [0, 0.1) is 12.8 Å². The number of aromatic nitrogens is 2. The van der Waals surface area contributed by atoms with Gasteiger partial charge in [-0.2, -0.15) is 0 Å². The molecule has 1 N–H and O–H groups in total. The zero-order valence-corrected chi connectivity index (χ0v) is 16.6. The van der Waals surface area contributed by atoms with Crippen molar-refractivity contribution in [2.75, 3.05) is 26.6 Å². The van der Waals surface area contributed by atoms with E-state index in [9.17, 15) is 9.59 Å². The number of benzene rings is 1. The number of hydrogen-bond donors (Lipinski definition) is 1. The molecule has 1 atom stereocenters. The van der Waals surface area contributed by atoms with Gasteiger partial charge in [-0.1, -0.05) is 6.92 Å². The van der Waals surface area contributed by atoms with Crippen LogP contribution < -0.4 is 19.5 Å². The summed E-state index contributed by atoms with van der Waals surface area (Å²) in [6, 6.07) is 3.10. The van der Waals surface area contributed by atoms with Gasteiger partial charge in [-0.05, 0) is 31.4 Å². The number of ketones is 1. The summed E-state index contributed by atoms with van der Waals surface area (Å²) in [6.45, 7) is 3.76. The van der Waals surface area contributed by atoms with Gasteiger partial charge in [-0.25, -0.2) is 9.97 Å². The van der Waals surface area contributed by atoms with Crippen molar-refractivity contribution in [2.45, 2.75) is 26.7 Å². The van der Waals surface area contributed by atoms with Gasteiger partial charge in [0.15, 0.2) is 17.3 Å². The minimum absolute atomic E-state index is 0.0498. The molecule has 148 valence electrons. The third-order valence-electron chi connectivity index (χ3n) is 4.67. The lowest BCUT2D eigenvalue weighted by atomic mass is 9.86. The molecule has 8 nitrogen and oxygen atoms in total. The molecule has 1 heterocycles. The Morgan fingerprint density at radius 1 is 1.07 bits per heavy atom. The molecule has 1 amide bonds. The molecule has 0 aliphatic heterocycles. The van der Waals surface area contributed by atoms with Crippen LogP contribution in [0.25, 0.3) is 0 Å². The van der Waals surface area contributed by atoms with Gasteiger partial charge in [-0.15, -0.1) is 0 Å². The number of amides is 1. The maximum absolute atomic E-state index is 12.7. The molecule has 3 rings (SSSR count). The third kappa shape index (κ3) is 3.62. The quantitative estimate of drug-likeness (QED) is 0.845.